The molecule has 0 saturated carbocycles. The molecule has 2 N–H and O–H groups in total. The highest BCUT2D eigenvalue weighted by Crippen LogP contribution is 2.34. The second-order valence-electron chi connectivity index (χ2n) is 9.82. The molecule has 0 unspecified atom stereocenters. The number of amides is 2. The summed E-state index contributed by atoms with van der Waals surface area (Å²) in [5.41, 5.74) is 2.66. The third kappa shape index (κ3) is 6.07. The topological polar surface area (TPSA) is 76.1 Å². The number of nitrogens with zero attached hydrogens (tertiary/aromatic N) is 3. The van der Waals surface area contributed by atoms with Crippen LogP contribution in [0.2, 0.25) is 10.0 Å². The summed E-state index contributed by atoms with van der Waals surface area (Å²) in [7, 11) is 0. The maximum absolute atomic E-state index is 13.4. The molecule has 38 heavy (non-hydrogen) atoms. The van der Waals surface area contributed by atoms with Crippen LogP contribution in [0, 0.1) is 5.92 Å². The Kier molecular flexibility index (Phi) is 8.07. The van der Waals surface area contributed by atoms with Crippen LogP contribution in [0.1, 0.15) is 11.5 Å². The van der Waals surface area contributed by atoms with Crippen molar-refractivity contribution in [3.05, 3.63) is 88.4 Å². The van der Waals surface area contributed by atoms with Crippen LogP contribution in [-0.4, -0.2) is 72.5 Å². The van der Waals surface area contributed by atoms with Gasteiger partial charge in [-0.3, -0.25) is 14.5 Å². The van der Waals surface area contributed by atoms with Crippen LogP contribution in [0.25, 0.3) is 0 Å². The van der Waals surface area contributed by atoms with Gasteiger partial charge >= 0.3 is 0 Å². The zero-order valence-electron chi connectivity index (χ0n) is 20.9. The lowest BCUT2D eigenvalue weighted by molar-refractivity contribution is -0.132. The summed E-state index contributed by atoms with van der Waals surface area (Å²) in [5.74, 6) is -0.473. The summed E-state index contributed by atoms with van der Waals surface area (Å²) >= 11 is 12.2. The number of anilines is 2. The van der Waals surface area contributed by atoms with E-state index < -0.39 is 0 Å². The van der Waals surface area contributed by atoms with Gasteiger partial charge in [0.2, 0.25) is 11.8 Å². The molecule has 2 saturated heterocycles. The summed E-state index contributed by atoms with van der Waals surface area (Å²) in [6.07, 6.45) is 0. The van der Waals surface area contributed by atoms with Crippen molar-refractivity contribution in [1.29, 1.82) is 0 Å². The van der Waals surface area contributed by atoms with Crippen LogP contribution in [0.3, 0.4) is 0 Å². The Labute approximate surface area is 232 Å². The van der Waals surface area contributed by atoms with Crippen LogP contribution in [0.15, 0.2) is 72.8 Å². The van der Waals surface area contributed by atoms with Gasteiger partial charge in [0.25, 0.3) is 0 Å². The number of halogens is 2. The Morgan fingerprint density at radius 1 is 0.895 bits per heavy atom. The summed E-state index contributed by atoms with van der Waals surface area (Å²) < 4.78 is 0. The van der Waals surface area contributed by atoms with Gasteiger partial charge in [0.05, 0.1) is 17.5 Å². The molecule has 0 radical (unpaired) electrons. The van der Waals surface area contributed by atoms with Gasteiger partial charge in [0.15, 0.2) is 0 Å². The zero-order valence-corrected chi connectivity index (χ0v) is 22.4. The van der Waals surface area contributed by atoms with E-state index in [4.69, 9.17) is 23.2 Å². The van der Waals surface area contributed by atoms with Gasteiger partial charge in [-0.25, -0.2) is 0 Å². The normalized spacial score (nSPS) is 19.9. The zero-order chi connectivity index (χ0) is 26.6. The lowest BCUT2D eigenvalue weighted by Gasteiger charge is -2.36. The second kappa shape index (κ2) is 11.6. The van der Waals surface area contributed by atoms with Gasteiger partial charge < -0.3 is 20.2 Å². The molecule has 0 aliphatic carbocycles. The number of aromatic hydroxyl groups is 1. The molecule has 2 amide bonds. The molecule has 2 aliphatic rings. The number of likely N-dealkylation sites (tertiary alicyclic amines) is 1. The van der Waals surface area contributed by atoms with Crippen LogP contribution in [0.5, 0.6) is 5.75 Å². The maximum Gasteiger partial charge on any atom is 0.236 e. The van der Waals surface area contributed by atoms with Crippen LogP contribution >= 0.6 is 23.2 Å². The van der Waals surface area contributed by atoms with Crippen molar-refractivity contribution in [2.45, 2.75) is 5.92 Å². The molecule has 0 spiro atoms. The minimum atomic E-state index is -0.336. The smallest absolute Gasteiger partial charge is 0.236 e. The molecule has 3 aromatic rings. The monoisotopic (exact) mass is 552 g/mol. The van der Waals surface area contributed by atoms with Crippen molar-refractivity contribution in [3.63, 3.8) is 0 Å². The van der Waals surface area contributed by atoms with E-state index in [0.717, 1.165) is 24.3 Å². The Balaban J connectivity index is 1.23. The molecule has 0 aromatic heterocycles. The average molecular weight is 553 g/mol. The number of benzene rings is 3. The van der Waals surface area contributed by atoms with Crippen LogP contribution in [0.4, 0.5) is 11.4 Å². The van der Waals surface area contributed by atoms with Gasteiger partial charge in [-0.05, 0) is 42.0 Å². The standard InChI is InChI=1S/C29H30Cl2N4O3/c30-21-7-4-8-23(15-21)34-11-13-35(14-12-34)28(37)19-33-17-24(20-5-2-1-3-6-20)25(18-33)29(38)32-22-9-10-27(36)26(31)16-22/h1-10,15-16,24-25,36H,11-14,17-19H2,(H,32,38)/t24-,25+/m1/s1. The van der Waals surface area contributed by atoms with Crippen LogP contribution in [-0.2, 0) is 9.59 Å². The molecular weight excluding hydrogens is 523 g/mol. The molecular formula is C29H30Cl2N4O3. The average Bonchev–Trinajstić information content (AvgIpc) is 3.35. The minimum absolute atomic E-state index is 0.0363. The lowest BCUT2D eigenvalue weighted by atomic mass is 9.88. The third-order valence-corrected chi connectivity index (χ3v) is 7.88. The van der Waals surface area contributed by atoms with Gasteiger partial charge in [-0.2, -0.15) is 0 Å². The molecule has 5 rings (SSSR count). The maximum atomic E-state index is 13.4. The Morgan fingerprint density at radius 3 is 2.37 bits per heavy atom. The number of piperazine rings is 1. The number of carbonyl (C=O) groups is 2. The molecule has 2 aliphatic heterocycles. The Hall–Kier alpha value is -3.26. The number of hydrogen-bond donors (Lipinski definition) is 2. The fourth-order valence-electron chi connectivity index (χ4n) is 5.32. The van der Waals surface area contributed by atoms with Gasteiger partial charge in [0.1, 0.15) is 5.75 Å². The largest absolute Gasteiger partial charge is 0.506 e. The highest BCUT2D eigenvalue weighted by atomic mass is 35.5. The minimum Gasteiger partial charge on any atom is -0.506 e. The first-order chi connectivity index (χ1) is 18.4. The van der Waals surface area contributed by atoms with Gasteiger partial charge in [-0.15, -0.1) is 0 Å². The predicted octanol–water partition coefficient (Wildman–Crippen LogP) is 4.70. The van der Waals surface area contributed by atoms with E-state index in [1.54, 1.807) is 6.07 Å². The van der Waals surface area contributed by atoms with Crippen molar-refractivity contribution in [2.75, 3.05) is 56.0 Å². The highest BCUT2D eigenvalue weighted by Gasteiger charge is 2.39. The van der Waals surface area contributed by atoms with Crippen molar-refractivity contribution < 1.29 is 14.7 Å². The van der Waals surface area contributed by atoms with E-state index >= 15 is 0 Å². The van der Waals surface area contributed by atoms with E-state index in [0.29, 0.717) is 36.9 Å². The van der Waals surface area contributed by atoms with Gasteiger partial charge in [0, 0.05) is 61.6 Å². The Bertz CT molecular complexity index is 1300. The molecule has 3 aromatic carbocycles. The summed E-state index contributed by atoms with van der Waals surface area (Å²) in [6.45, 7) is 4.16. The summed E-state index contributed by atoms with van der Waals surface area (Å²) in [6, 6.07) is 22.3. The molecule has 7 nitrogen and oxygen atoms in total. The van der Waals surface area contributed by atoms with Crippen LogP contribution < -0.4 is 10.2 Å². The third-order valence-electron chi connectivity index (χ3n) is 7.34. The molecule has 9 heteroatoms. The van der Waals surface area contributed by atoms with Crippen molar-refractivity contribution >= 4 is 46.4 Å². The first kappa shape index (κ1) is 26.4. The number of rotatable bonds is 6. The highest BCUT2D eigenvalue weighted by molar-refractivity contribution is 6.32. The number of phenolic OH excluding ortho intramolecular Hbond substituents is 1. The number of nitrogens with one attached hydrogen (secondary N) is 1. The Morgan fingerprint density at radius 2 is 1.66 bits per heavy atom. The van der Waals surface area contributed by atoms with E-state index in [-0.39, 0.29) is 41.0 Å². The van der Waals surface area contributed by atoms with Crippen molar-refractivity contribution in [3.8, 4) is 5.75 Å². The van der Waals surface area contributed by atoms with E-state index in [2.05, 4.69) is 15.1 Å². The van der Waals surface area contributed by atoms with Gasteiger partial charge in [-0.1, -0.05) is 59.6 Å². The lowest BCUT2D eigenvalue weighted by Crippen LogP contribution is -2.51. The molecule has 2 fully saturated rings. The fraction of sp³-hybridized carbons (Fsp3) is 0.310. The molecule has 0 bridgehead atoms. The predicted molar refractivity (Wildman–Crippen MR) is 151 cm³/mol. The quantitative estimate of drug-likeness (QED) is 0.433. The summed E-state index contributed by atoms with van der Waals surface area (Å²) in [5, 5.41) is 13.5. The van der Waals surface area contributed by atoms with E-state index in [9.17, 15) is 14.7 Å². The van der Waals surface area contributed by atoms with Crippen molar-refractivity contribution in [1.82, 2.24) is 9.80 Å². The first-order valence-corrected chi connectivity index (χ1v) is 13.5. The summed E-state index contributed by atoms with van der Waals surface area (Å²) in [4.78, 5) is 32.8. The fourth-order valence-corrected chi connectivity index (χ4v) is 5.68. The van der Waals surface area contributed by atoms with Crippen molar-refractivity contribution in [2.24, 2.45) is 5.92 Å². The van der Waals surface area contributed by atoms with E-state index in [1.165, 1.54) is 12.1 Å². The number of phenols is 1. The molecule has 2 heterocycles. The molecule has 198 valence electrons. The molecule has 2 atom stereocenters. The number of hydrogen-bond acceptors (Lipinski definition) is 5. The second-order valence-corrected chi connectivity index (χ2v) is 10.7. The van der Waals surface area contributed by atoms with E-state index in [1.807, 2.05) is 59.5 Å². The first-order valence-electron chi connectivity index (χ1n) is 12.7. The number of carbonyl (C=O) groups excluding carboxylic acids is 2. The SMILES string of the molecule is O=C(Nc1ccc(O)c(Cl)c1)[C@H]1CN(CC(=O)N2CCN(c3cccc(Cl)c3)CC2)C[C@@H]1c1ccccc1.